The third-order valence-electron chi connectivity index (χ3n) is 2.71. The Kier molecular flexibility index (Phi) is 3.65. The number of imidazole rings is 1. The summed E-state index contributed by atoms with van der Waals surface area (Å²) in [7, 11) is 0. The van der Waals surface area contributed by atoms with Crippen LogP contribution in [0.1, 0.15) is 15.4 Å². The van der Waals surface area contributed by atoms with Crippen LogP contribution in [0.2, 0.25) is 10.0 Å². The Morgan fingerprint density at radius 2 is 2.25 bits per heavy atom. The van der Waals surface area contributed by atoms with E-state index in [4.69, 9.17) is 23.2 Å². The summed E-state index contributed by atoms with van der Waals surface area (Å²) in [6.45, 7) is 0.485. The maximum absolute atomic E-state index is 12.0. The van der Waals surface area contributed by atoms with Gasteiger partial charge >= 0.3 is 0 Å². The molecule has 0 fully saturated rings. The smallest absolute Gasteiger partial charge is 0.271 e. The number of hydrogen-bond acceptors (Lipinski definition) is 3. The summed E-state index contributed by atoms with van der Waals surface area (Å²) in [5.74, 6) is -0.241. The van der Waals surface area contributed by atoms with Crippen LogP contribution in [0.4, 0.5) is 0 Å². The molecule has 0 saturated heterocycles. The number of nitrogens with one attached hydrogen (secondary N) is 1. The highest BCUT2D eigenvalue weighted by atomic mass is 35.5. The zero-order chi connectivity index (χ0) is 14.1. The molecule has 0 aliphatic heterocycles. The predicted molar refractivity (Wildman–Crippen MR) is 80.7 cm³/mol. The Balaban J connectivity index is 1.83. The lowest BCUT2D eigenvalue weighted by atomic mass is 10.4. The first-order valence-electron chi connectivity index (χ1n) is 5.78. The fourth-order valence-corrected chi connectivity index (χ4v) is 2.98. The Bertz CT molecular complexity index is 767. The number of amides is 1. The summed E-state index contributed by atoms with van der Waals surface area (Å²) in [6, 6.07) is 5.50. The van der Waals surface area contributed by atoms with Gasteiger partial charge in [-0.2, -0.15) is 0 Å². The number of thiophene rings is 1. The van der Waals surface area contributed by atoms with E-state index in [1.807, 2.05) is 17.5 Å². The van der Waals surface area contributed by atoms with Gasteiger partial charge in [-0.3, -0.25) is 4.79 Å². The van der Waals surface area contributed by atoms with Crippen molar-refractivity contribution in [2.24, 2.45) is 0 Å². The lowest BCUT2D eigenvalue weighted by molar-refractivity contribution is 0.0947. The van der Waals surface area contributed by atoms with Crippen LogP contribution in [0.3, 0.4) is 0 Å². The number of aromatic nitrogens is 2. The van der Waals surface area contributed by atoms with E-state index >= 15 is 0 Å². The number of nitrogens with zero attached hydrogens (tertiary/aromatic N) is 2. The van der Waals surface area contributed by atoms with Crippen LogP contribution < -0.4 is 5.32 Å². The zero-order valence-corrected chi connectivity index (χ0v) is 12.5. The minimum atomic E-state index is -0.241. The summed E-state index contributed by atoms with van der Waals surface area (Å²) in [6.07, 6.45) is 3.27. The van der Waals surface area contributed by atoms with Crippen molar-refractivity contribution in [3.05, 3.63) is 56.6 Å². The molecular weight excluding hydrogens is 317 g/mol. The third-order valence-corrected chi connectivity index (χ3v) is 4.07. The van der Waals surface area contributed by atoms with Gasteiger partial charge in [0.25, 0.3) is 5.91 Å². The maximum atomic E-state index is 12.0. The van der Waals surface area contributed by atoms with Crippen LogP contribution in [0.15, 0.2) is 36.0 Å². The number of rotatable bonds is 3. The minimum absolute atomic E-state index is 0.241. The molecule has 20 heavy (non-hydrogen) atoms. The minimum Gasteiger partial charge on any atom is -0.346 e. The molecule has 0 spiro atoms. The second kappa shape index (κ2) is 5.44. The van der Waals surface area contributed by atoms with Crippen LogP contribution >= 0.6 is 34.5 Å². The van der Waals surface area contributed by atoms with Crippen molar-refractivity contribution in [2.75, 3.05) is 0 Å². The molecule has 102 valence electrons. The molecule has 3 heterocycles. The molecule has 0 aliphatic carbocycles. The van der Waals surface area contributed by atoms with E-state index in [1.165, 1.54) is 0 Å². The van der Waals surface area contributed by atoms with Gasteiger partial charge < -0.3 is 9.72 Å². The molecule has 0 bridgehead atoms. The average molecular weight is 326 g/mol. The number of fused-ring (bicyclic) bond motifs is 1. The van der Waals surface area contributed by atoms with Crippen molar-refractivity contribution in [3.8, 4) is 0 Å². The van der Waals surface area contributed by atoms with E-state index in [1.54, 1.807) is 34.2 Å². The molecule has 3 aromatic heterocycles. The first kappa shape index (κ1) is 13.4. The molecule has 0 atom stereocenters. The molecule has 0 unspecified atom stereocenters. The molecule has 0 radical (unpaired) electrons. The van der Waals surface area contributed by atoms with Crippen LogP contribution in [-0.2, 0) is 6.54 Å². The molecular formula is C13H9Cl2N3OS. The number of carbonyl (C=O) groups is 1. The second-order valence-corrected chi connectivity index (χ2v) is 6.00. The average Bonchev–Trinajstić information content (AvgIpc) is 3.04. The number of hydrogen-bond donors (Lipinski definition) is 1. The van der Waals surface area contributed by atoms with Gasteiger partial charge in [0, 0.05) is 17.3 Å². The topological polar surface area (TPSA) is 46.4 Å². The SMILES string of the molecule is O=C(NCc1cccs1)c1cn2cc(Cl)cc(Cl)c2n1. The van der Waals surface area contributed by atoms with E-state index in [0.717, 1.165) is 4.88 Å². The second-order valence-electron chi connectivity index (χ2n) is 4.13. The highest BCUT2D eigenvalue weighted by Gasteiger charge is 2.13. The zero-order valence-electron chi connectivity index (χ0n) is 10.1. The van der Waals surface area contributed by atoms with Crippen LogP contribution in [0.5, 0.6) is 0 Å². The Morgan fingerprint density at radius 1 is 1.40 bits per heavy atom. The molecule has 0 aliphatic rings. The fourth-order valence-electron chi connectivity index (χ4n) is 1.80. The van der Waals surface area contributed by atoms with Crippen LogP contribution in [0, 0.1) is 0 Å². The van der Waals surface area contributed by atoms with Crippen molar-refractivity contribution >= 4 is 46.1 Å². The Hall–Kier alpha value is -1.56. The molecule has 1 amide bonds. The van der Waals surface area contributed by atoms with E-state index in [-0.39, 0.29) is 5.91 Å². The molecule has 0 saturated carbocycles. The first-order chi connectivity index (χ1) is 9.63. The monoisotopic (exact) mass is 325 g/mol. The Morgan fingerprint density at radius 3 is 3.00 bits per heavy atom. The quantitative estimate of drug-likeness (QED) is 0.799. The van der Waals surface area contributed by atoms with E-state index in [9.17, 15) is 4.79 Å². The summed E-state index contributed by atoms with van der Waals surface area (Å²) in [4.78, 5) is 17.4. The lowest BCUT2D eigenvalue weighted by Crippen LogP contribution is -2.22. The van der Waals surface area contributed by atoms with Crippen LogP contribution in [0.25, 0.3) is 5.65 Å². The predicted octanol–water partition coefficient (Wildman–Crippen LogP) is 3.63. The summed E-state index contributed by atoms with van der Waals surface area (Å²) < 4.78 is 1.64. The highest BCUT2D eigenvalue weighted by molar-refractivity contribution is 7.09. The largest absolute Gasteiger partial charge is 0.346 e. The van der Waals surface area contributed by atoms with Gasteiger partial charge in [0.05, 0.1) is 16.6 Å². The summed E-state index contributed by atoms with van der Waals surface area (Å²) in [5.41, 5.74) is 0.822. The molecule has 7 heteroatoms. The summed E-state index contributed by atoms with van der Waals surface area (Å²) in [5, 5.41) is 5.69. The summed E-state index contributed by atoms with van der Waals surface area (Å²) >= 11 is 13.5. The number of pyridine rings is 1. The van der Waals surface area contributed by atoms with Gasteiger partial charge in [0.1, 0.15) is 5.69 Å². The van der Waals surface area contributed by atoms with E-state index < -0.39 is 0 Å². The van der Waals surface area contributed by atoms with Crippen molar-refractivity contribution in [1.82, 2.24) is 14.7 Å². The van der Waals surface area contributed by atoms with Gasteiger partial charge in [-0.25, -0.2) is 4.98 Å². The van der Waals surface area contributed by atoms with Crippen molar-refractivity contribution < 1.29 is 4.79 Å². The van der Waals surface area contributed by atoms with Gasteiger partial charge in [0.2, 0.25) is 0 Å². The fraction of sp³-hybridized carbons (Fsp3) is 0.0769. The number of halogens is 2. The van der Waals surface area contributed by atoms with E-state index in [2.05, 4.69) is 10.3 Å². The van der Waals surface area contributed by atoms with Crippen molar-refractivity contribution in [3.63, 3.8) is 0 Å². The normalized spacial score (nSPS) is 10.9. The van der Waals surface area contributed by atoms with Gasteiger partial charge in [-0.05, 0) is 17.5 Å². The number of carbonyl (C=O) groups excluding carboxylic acids is 1. The van der Waals surface area contributed by atoms with Gasteiger partial charge in [0.15, 0.2) is 5.65 Å². The molecule has 0 aromatic carbocycles. The van der Waals surface area contributed by atoms with Crippen molar-refractivity contribution in [1.29, 1.82) is 0 Å². The first-order valence-corrected chi connectivity index (χ1v) is 7.41. The molecule has 4 nitrogen and oxygen atoms in total. The molecule has 3 aromatic rings. The third kappa shape index (κ3) is 2.65. The van der Waals surface area contributed by atoms with Crippen molar-refractivity contribution in [2.45, 2.75) is 6.54 Å². The van der Waals surface area contributed by atoms with E-state index in [0.29, 0.717) is 27.9 Å². The highest BCUT2D eigenvalue weighted by Crippen LogP contribution is 2.21. The van der Waals surface area contributed by atoms with Crippen LogP contribution in [-0.4, -0.2) is 15.3 Å². The molecule has 1 N–H and O–H groups in total. The van der Waals surface area contributed by atoms with Gasteiger partial charge in [-0.15, -0.1) is 11.3 Å². The van der Waals surface area contributed by atoms with Gasteiger partial charge in [-0.1, -0.05) is 29.3 Å². The standard InChI is InChI=1S/C13H9Cl2N3OS/c14-8-4-10(15)12-17-11(7-18(12)6-8)13(19)16-5-9-2-1-3-20-9/h1-4,6-7H,5H2,(H,16,19). The maximum Gasteiger partial charge on any atom is 0.271 e. The lowest BCUT2D eigenvalue weighted by Gasteiger charge is -1.99. The molecule has 3 rings (SSSR count). The Labute approximate surface area is 129 Å².